The molecule has 3 N–H and O–H groups in total. The van der Waals surface area contributed by atoms with E-state index in [2.05, 4.69) is 22.1 Å². The molecule has 1 aromatic heterocycles. The number of alkyl carbamates (subject to hydrolysis) is 1. The number of aliphatic hydroxyl groups is 2. The minimum atomic E-state index is -2.24. The number of likely N-dealkylation sites (tertiary alicyclic amines) is 1. The van der Waals surface area contributed by atoms with Crippen LogP contribution >= 0.6 is 0 Å². The molecule has 1 aromatic carbocycles. The highest BCUT2D eigenvalue weighted by atomic mass is 19.1. The molecule has 3 aliphatic heterocycles. The largest absolute Gasteiger partial charge is 0.456 e. The number of benzene rings is 1. The summed E-state index contributed by atoms with van der Waals surface area (Å²) in [6.07, 6.45) is -7.30. The van der Waals surface area contributed by atoms with Crippen molar-refractivity contribution in [2.45, 2.75) is 147 Å². The first-order valence-electron chi connectivity index (χ1n) is 22.5. The van der Waals surface area contributed by atoms with Crippen molar-refractivity contribution in [3.8, 4) is 0 Å². The first kappa shape index (κ1) is 47.0. The Morgan fingerprint density at radius 1 is 1.05 bits per heavy atom. The number of hydrogen-bond donors (Lipinski definition) is 3. The maximum atomic E-state index is 15.4. The summed E-state index contributed by atoms with van der Waals surface area (Å²) in [5.74, 6) is -4.01. The van der Waals surface area contributed by atoms with Gasteiger partial charge in [-0.05, 0) is 81.9 Å². The van der Waals surface area contributed by atoms with Crippen LogP contribution in [0.1, 0.15) is 104 Å². The highest BCUT2D eigenvalue weighted by Crippen LogP contribution is 2.66. The van der Waals surface area contributed by atoms with Gasteiger partial charge in [0, 0.05) is 50.0 Å². The molecule has 2 bridgehead atoms. The van der Waals surface area contributed by atoms with E-state index in [0.29, 0.717) is 36.5 Å². The Bertz CT molecular complexity index is 2210. The first-order valence-corrected chi connectivity index (χ1v) is 22.5. The van der Waals surface area contributed by atoms with Crippen LogP contribution < -0.4 is 5.32 Å². The molecule has 0 spiro atoms. The summed E-state index contributed by atoms with van der Waals surface area (Å²) in [6, 6.07) is 8.93. The average Bonchev–Trinajstić information content (AvgIpc) is 3.62. The van der Waals surface area contributed by atoms with Crippen molar-refractivity contribution in [3.63, 3.8) is 0 Å². The quantitative estimate of drug-likeness (QED) is 0.164. The maximum Gasteiger partial charge on any atom is 0.408 e. The molecule has 12 atom stereocenters. The van der Waals surface area contributed by atoms with Crippen LogP contribution in [0.3, 0.4) is 0 Å². The van der Waals surface area contributed by atoms with Crippen LogP contribution in [0.15, 0.2) is 59.8 Å². The zero-order valence-corrected chi connectivity index (χ0v) is 38.5. The van der Waals surface area contributed by atoms with E-state index in [4.69, 9.17) is 33.2 Å². The van der Waals surface area contributed by atoms with Crippen molar-refractivity contribution in [3.05, 3.63) is 76.9 Å². The summed E-state index contributed by atoms with van der Waals surface area (Å²) in [7, 11) is 0. The molecule has 0 radical (unpaired) electrons. The SMILES string of the molecule is CC(=O)O[C@@]12CO[C@@H]1CC[C@@]1(C)[C@@H]3O[C@H](CN4CC(C)C4)O[C@@H]3C3=C(C)[C@@H](OC(=O)[C@H](O)[C@@H](NC(=O)OC(C)(C)C)c4ncccc4F)C[C@@](O)([C@@H](OC(=O)c4ccccc4)[C@@H]12)C3(C)C. The number of amides is 1. The number of nitrogens with one attached hydrogen (secondary N) is 1. The molecule has 3 aliphatic carbocycles. The molecule has 0 unspecified atom stereocenters. The smallest absolute Gasteiger partial charge is 0.408 e. The number of rotatable bonds is 10. The van der Waals surface area contributed by atoms with Gasteiger partial charge in [-0.15, -0.1) is 0 Å². The number of pyridine rings is 1. The molecule has 354 valence electrons. The number of fused-ring (bicyclic) bond motifs is 8. The number of halogens is 1. The highest BCUT2D eigenvalue weighted by Gasteiger charge is 2.77. The molecule has 1 amide bonds. The summed E-state index contributed by atoms with van der Waals surface area (Å²) in [5.41, 5.74) is -6.06. The summed E-state index contributed by atoms with van der Waals surface area (Å²) < 4.78 is 60.2. The lowest BCUT2D eigenvalue weighted by molar-refractivity contribution is -0.345. The van der Waals surface area contributed by atoms with Crippen LogP contribution in [0.25, 0.3) is 0 Å². The van der Waals surface area contributed by atoms with Gasteiger partial charge in [-0.3, -0.25) is 14.7 Å². The highest BCUT2D eigenvalue weighted by molar-refractivity contribution is 5.89. The Labute approximate surface area is 378 Å². The number of esters is 3. The Morgan fingerprint density at radius 3 is 2.37 bits per heavy atom. The second kappa shape index (κ2) is 17.0. The van der Waals surface area contributed by atoms with Crippen LogP contribution in [-0.2, 0) is 42.7 Å². The van der Waals surface area contributed by atoms with E-state index < -0.39 is 118 Å². The van der Waals surface area contributed by atoms with E-state index >= 15 is 4.39 Å². The Hall–Kier alpha value is -4.52. The minimum Gasteiger partial charge on any atom is -0.456 e. The number of aromatic nitrogens is 1. The number of nitrogens with zero attached hydrogens (tertiary/aromatic N) is 2. The molecule has 65 heavy (non-hydrogen) atoms. The van der Waals surface area contributed by atoms with Crippen molar-refractivity contribution < 1.29 is 66.9 Å². The number of carbonyl (C=O) groups is 4. The van der Waals surface area contributed by atoms with Gasteiger partial charge in [-0.2, -0.15) is 0 Å². The topological polar surface area (TPSA) is 202 Å². The van der Waals surface area contributed by atoms with Crippen LogP contribution in [0.4, 0.5) is 9.18 Å². The van der Waals surface area contributed by atoms with Crippen molar-refractivity contribution in [1.29, 1.82) is 0 Å². The second-order valence-corrected chi connectivity index (χ2v) is 20.6. The summed E-state index contributed by atoms with van der Waals surface area (Å²) in [5, 5.41) is 28.1. The van der Waals surface area contributed by atoms with Crippen molar-refractivity contribution in [1.82, 2.24) is 15.2 Å². The molecule has 5 fully saturated rings. The number of ether oxygens (including phenoxy) is 7. The van der Waals surface area contributed by atoms with E-state index in [0.717, 1.165) is 19.2 Å². The molecular formula is C48H62FN3O13. The normalized spacial score (nSPS) is 35.0. The van der Waals surface area contributed by atoms with Crippen LogP contribution in [0.5, 0.6) is 0 Å². The summed E-state index contributed by atoms with van der Waals surface area (Å²) >= 11 is 0. The van der Waals surface area contributed by atoms with E-state index in [9.17, 15) is 29.4 Å². The molecule has 2 saturated carbocycles. The lowest BCUT2D eigenvalue weighted by Gasteiger charge is -2.68. The number of hydrogen-bond acceptors (Lipinski definition) is 15. The second-order valence-electron chi connectivity index (χ2n) is 20.6. The van der Waals surface area contributed by atoms with Gasteiger partial charge in [-0.1, -0.05) is 45.9 Å². The Kier molecular flexibility index (Phi) is 12.3. The Balaban J connectivity index is 1.26. The third-order valence-electron chi connectivity index (χ3n) is 14.7. The zero-order valence-electron chi connectivity index (χ0n) is 38.5. The maximum absolute atomic E-state index is 15.4. The predicted molar refractivity (Wildman–Crippen MR) is 228 cm³/mol. The van der Waals surface area contributed by atoms with Gasteiger partial charge in [0.15, 0.2) is 18.0 Å². The lowest BCUT2D eigenvalue weighted by Crippen LogP contribution is -2.79. The lowest BCUT2D eigenvalue weighted by atomic mass is 9.45. The van der Waals surface area contributed by atoms with Gasteiger partial charge in [-0.25, -0.2) is 18.8 Å². The minimum absolute atomic E-state index is 0.0524. The van der Waals surface area contributed by atoms with Crippen LogP contribution in [0, 0.1) is 28.5 Å². The molecule has 4 heterocycles. The molecule has 8 rings (SSSR count). The molecular weight excluding hydrogens is 846 g/mol. The Morgan fingerprint density at radius 2 is 1.75 bits per heavy atom. The van der Waals surface area contributed by atoms with Crippen LogP contribution in [0.2, 0.25) is 0 Å². The fraction of sp³-hybridized carbons (Fsp3) is 0.646. The number of carbonyl (C=O) groups excluding carboxylic acids is 4. The van der Waals surface area contributed by atoms with Gasteiger partial charge < -0.3 is 48.7 Å². The summed E-state index contributed by atoms with van der Waals surface area (Å²) in [6.45, 7) is 17.8. The van der Waals surface area contributed by atoms with E-state index in [-0.39, 0.29) is 18.6 Å². The van der Waals surface area contributed by atoms with Gasteiger partial charge in [0.05, 0.1) is 24.2 Å². The van der Waals surface area contributed by atoms with E-state index in [1.54, 1.807) is 58.0 Å². The van der Waals surface area contributed by atoms with Gasteiger partial charge >= 0.3 is 24.0 Å². The fourth-order valence-electron chi connectivity index (χ4n) is 11.7. The standard InChI is InChI=1S/C48H62FN3O13/c1-25-21-52(22-25)23-32-61-37-33-26(2)30(60-42(56)36(54)35(34-29(49)16-13-19-50-34)51-43(57)65-44(4,5)6)20-48(58,45(33,7)8)40(63-41(55)28-14-11-10-12-15-28)38-46(9,39(37)62-32)18-17-31-47(38,24-59-31)64-27(3)53/h10-16,19,25,30-32,35-40,54,58H,17-18,20-24H2,1-9H3,(H,51,57)/t30-,31+,32+,35-,36+,37+,38-,39+,40-,46+,47-,48+/m0/s1. The summed E-state index contributed by atoms with van der Waals surface area (Å²) in [4.78, 5) is 61.5. The third kappa shape index (κ3) is 8.23. The molecule has 6 aliphatic rings. The molecule has 16 nitrogen and oxygen atoms in total. The first-order chi connectivity index (χ1) is 30.5. The van der Waals surface area contributed by atoms with Crippen molar-refractivity contribution >= 4 is 24.0 Å². The van der Waals surface area contributed by atoms with Gasteiger partial charge in [0.1, 0.15) is 53.2 Å². The third-order valence-corrected chi connectivity index (χ3v) is 14.7. The van der Waals surface area contributed by atoms with Gasteiger partial charge in [0.2, 0.25) is 0 Å². The van der Waals surface area contributed by atoms with Crippen molar-refractivity contribution in [2.75, 3.05) is 26.2 Å². The number of aliphatic hydroxyl groups excluding tert-OH is 1. The molecule has 3 saturated heterocycles. The average molecular weight is 908 g/mol. The fourth-order valence-corrected chi connectivity index (χ4v) is 11.7. The van der Waals surface area contributed by atoms with Gasteiger partial charge in [0.25, 0.3) is 0 Å². The van der Waals surface area contributed by atoms with Crippen LogP contribution in [-0.4, -0.2) is 130 Å². The van der Waals surface area contributed by atoms with Crippen molar-refractivity contribution in [2.24, 2.45) is 22.7 Å². The zero-order chi connectivity index (χ0) is 47.0. The van der Waals surface area contributed by atoms with E-state index in [1.165, 1.54) is 19.2 Å². The predicted octanol–water partition coefficient (Wildman–Crippen LogP) is 4.95. The molecule has 17 heteroatoms. The van der Waals surface area contributed by atoms with E-state index in [1.807, 2.05) is 20.8 Å². The molecule has 2 aromatic rings. The monoisotopic (exact) mass is 907 g/mol.